The second-order valence-corrected chi connectivity index (χ2v) is 5.31. The lowest BCUT2D eigenvalue weighted by atomic mass is 10.0. The van der Waals surface area contributed by atoms with E-state index in [0.717, 1.165) is 43.9 Å². The number of nitrogens with zero attached hydrogens (tertiary/aromatic N) is 3. The van der Waals surface area contributed by atoms with E-state index in [-0.39, 0.29) is 0 Å². The van der Waals surface area contributed by atoms with E-state index in [9.17, 15) is 0 Å². The molecule has 0 amide bonds. The third kappa shape index (κ3) is 2.56. The Bertz CT molecular complexity index is 622. The minimum atomic E-state index is 0.776. The molecule has 0 bridgehead atoms. The van der Waals surface area contributed by atoms with E-state index in [1.807, 2.05) is 12.3 Å². The van der Waals surface area contributed by atoms with Gasteiger partial charge in [-0.15, -0.1) is 0 Å². The van der Waals surface area contributed by atoms with Crippen LogP contribution in [0.4, 0.5) is 0 Å². The fourth-order valence-corrected chi connectivity index (χ4v) is 2.63. The van der Waals surface area contributed by atoms with Crippen LogP contribution in [0.25, 0.3) is 11.5 Å². The summed E-state index contributed by atoms with van der Waals surface area (Å²) in [5, 5.41) is 3.41. The average Bonchev–Trinajstić information content (AvgIpc) is 2.47. The second kappa shape index (κ2) is 5.67. The summed E-state index contributed by atoms with van der Waals surface area (Å²) in [7, 11) is 0. The van der Waals surface area contributed by atoms with Gasteiger partial charge in [-0.2, -0.15) is 0 Å². The summed E-state index contributed by atoms with van der Waals surface area (Å²) in [5.74, 6) is 0.776. The summed E-state index contributed by atoms with van der Waals surface area (Å²) in [5.41, 5.74) is 5.75. The minimum Gasteiger partial charge on any atom is -0.312 e. The van der Waals surface area contributed by atoms with Crippen LogP contribution in [0.15, 0.2) is 18.3 Å². The molecule has 20 heavy (non-hydrogen) atoms. The summed E-state index contributed by atoms with van der Waals surface area (Å²) in [4.78, 5) is 13.9. The number of pyridine rings is 1. The average molecular weight is 268 g/mol. The van der Waals surface area contributed by atoms with Crippen LogP contribution in [0, 0.1) is 6.92 Å². The van der Waals surface area contributed by atoms with Crippen molar-refractivity contribution in [2.24, 2.45) is 0 Å². The van der Waals surface area contributed by atoms with Gasteiger partial charge in [-0.05, 0) is 31.0 Å². The lowest BCUT2D eigenvalue weighted by Gasteiger charge is -2.20. The van der Waals surface area contributed by atoms with Crippen molar-refractivity contribution in [2.75, 3.05) is 6.54 Å². The van der Waals surface area contributed by atoms with Gasteiger partial charge in [0.1, 0.15) is 5.69 Å². The molecule has 2 aromatic rings. The fraction of sp³-hybridized carbons (Fsp3) is 0.438. The van der Waals surface area contributed by atoms with Crippen molar-refractivity contribution in [3.63, 3.8) is 0 Å². The number of fused-ring (bicyclic) bond motifs is 1. The van der Waals surface area contributed by atoms with Crippen molar-refractivity contribution >= 4 is 0 Å². The standard InChI is InChI=1S/C16H20N4/c1-3-4-13-12-10-17-7-6-14(12)20-16(19-13)15-9-11(2)5-8-18-15/h5,8-9,17H,3-4,6-7,10H2,1-2H3. The molecular formula is C16H20N4. The normalized spacial score (nSPS) is 14.1. The van der Waals surface area contributed by atoms with Crippen LogP contribution in [0.1, 0.15) is 35.9 Å². The topological polar surface area (TPSA) is 50.7 Å². The highest BCUT2D eigenvalue weighted by Gasteiger charge is 2.18. The Labute approximate surface area is 119 Å². The van der Waals surface area contributed by atoms with Crippen LogP contribution in [-0.2, 0) is 19.4 Å². The third-order valence-electron chi connectivity index (χ3n) is 3.65. The van der Waals surface area contributed by atoms with E-state index < -0.39 is 0 Å². The minimum absolute atomic E-state index is 0.776. The zero-order valence-corrected chi connectivity index (χ0v) is 12.1. The van der Waals surface area contributed by atoms with Crippen molar-refractivity contribution in [1.82, 2.24) is 20.3 Å². The molecule has 0 unspecified atom stereocenters. The molecule has 1 aliphatic heterocycles. The smallest absolute Gasteiger partial charge is 0.178 e. The van der Waals surface area contributed by atoms with E-state index in [0.29, 0.717) is 0 Å². The van der Waals surface area contributed by atoms with Gasteiger partial charge in [0.2, 0.25) is 0 Å². The highest BCUT2D eigenvalue weighted by Crippen LogP contribution is 2.21. The number of rotatable bonds is 3. The van der Waals surface area contributed by atoms with Gasteiger partial charge in [-0.1, -0.05) is 13.3 Å². The molecule has 0 spiro atoms. The number of aromatic nitrogens is 3. The maximum absolute atomic E-state index is 4.77. The predicted octanol–water partition coefficient (Wildman–Crippen LogP) is 2.45. The van der Waals surface area contributed by atoms with Crippen LogP contribution in [0.3, 0.4) is 0 Å². The summed E-state index contributed by atoms with van der Waals surface area (Å²) in [6, 6.07) is 4.05. The molecule has 3 rings (SSSR count). The van der Waals surface area contributed by atoms with Gasteiger partial charge in [0.05, 0.1) is 5.69 Å². The first-order valence-corrected chi connectivity index (χ1v) is 7.30. The van der Waals surface area contributed by atoms with E-state index in [2.05, 4.69) is 30.2 Å². The van der Waals surface area contributed by atoms with Crippen molar-refractivity contribution in [3.8, 4) is 11.5 Å². The lowest BCUT2D eigenvalue weighted by Crippen LogP contribution is -2.27. The first kappa shape index (κ1) is 13.2. The largest absolute Gasteiger partial charge is 0.312 e. The molecule has 1 N–H and O–H groups in total. The predicted molar refractivity (Wildman–Crippen MR) is 79.4 cm³/mol. The molecule has 0 aromatic carbocycles. The SMILES string of the molecule is CCCc1nc(-c2cc(C)ccn2)nc2c1CNCC2. The number of nitrogens with one attached hydrogen (secondary N) is 1. The Hall–Kier alpha value is -1.81. The first-order chi connectivity index (χ1) is 9.78. The van der Waals surface area contributed by atoms with Crippen molar-refractivity contribution in [3.05, 3.63) is 40.8 Å². The molecular weight excluding hydrogens is 248 g/mol. The van der Waals surface area contributed by atoms with Gasteiger partial charge in [-0.25, -0.2) is 9.97 Å². The Balaban J connectivity index is 2.10. The Kier molecular flexibility index (Phi) is 3.74. The molecule has 0 aliphatic carbocycles. The first-order valence-electron chi connectivity index (χ1n) is 7.30. The molecule has 2 aromatic heterocycles. The Morgan fingerprint density at radius 3 is 3.00 bits per heavy atom. The summed E-state index contributed by atoms with van der Waals surface area (Å²) in [6.07, 6.45) is 4.91. The van der Waals surface area contributed by atoms with Gasteiger partial charge in [0, 0.05) is 37.0 Å². The maximum Gasteiger partial charge on any atom is 0.178 e. The van der Waals surface area contributed by atoms with Crippen molar-refractivity contribution in [2.45, 2.75) is 39.7 Å². The molecule has 3 heterocycles. The Morgan fingerprint density at radius 2 is 2.20 bits per heavy atom. The fourth-order valence-electron chi connectivity index (χ4n) is 2.63. The monoisotopic (exact) mass is 268 g/mol. The van der Waals surface area contributed by atoms with Gasteiger partial charge < -0.3 is 5.32 Å². The number of aryl methyl sites for hydroxylation is 2. The van der Waals surface area contributed by atoms with Crippen molar-refractivity contribution < 1.29 is 0 Å². The van der Waals surface area contributed by atoms with Crippen LogP contribution in [0.2, 0.25) is 0 Å². The molecule has 0 saturated heterocycles. The molecule has 0 fully saturated rings. The molecule has 4 nitrogen and oxygen atoms in total. The van der Waals surface area contributed by atoms with E-state index >= 15 is 0 Å². The molecule has 0 saturated carbocycles. The number of hydrogen-bond donors (Lipinski definition) is 1. The lowest BCUT2D eigenvalue weighted by molar-refractivity contribution is 0.615. The summed E-state index contributed by atoms with van der Waals surface area (Å²) >= 11 is 0. The second-order valence-electron chi connectivity index (χ2n) is 5.31. The summed E-state index contributed by atoms with van der Waals surface area (Å²) in [6.45, 7) is 6.15. The molecule has 0 radical (unpaired) electrons. The number of hydrogen-bond acceptors (Lipinski definition) is 4. The van der Waals surface area contributed by atoms with Gasteiger partial charge in [-0.3, -0.25) is 4.98 Å². The highest BCUT2D eigenvalue weighted by atomic mass is 15.0. The van der Waals surface area contributed by atoms with Crippen LogP contribution in [0.5, 0.6) is 0 Å². The van der Waals surface area contributed by atoms with Crippen LogP contribution in [-0.4, -0.2) is 21.5 Å². The highest BCUT2D eigenvalue weighted by molar-refractivity contribution is 5.51. The Morgan fingerprint density at radius 1 is 1.30 bits per heavy atom. The van der Waals surface area contributed by atoms with E-state index in [1.54, 1.807) is 0 Å². The third-order valence-corrected chi connectivity index (χ3v) is 3.65. The zero-order valence-electron chi connectivity index (χ0n) is 12.1. The van der Waals surface area contributed by atoms with Gasteiger partial charge >= 0.3 is 0 Å². The van der Waals surface area contributed by atoms with E-state index in [4.69, 9.17) is 9.97 Å². The van der Waals surface area contributed by atoms with Crippen LogP contribution < -0.4 is 5.32 Å². The zero-order chi connectivity index (χ0) is 13.9. The molecule has 4 heteroatoms. The molecule has 0 atom stereocenters. The van der Waals surface area contributed by atoms with Crippen LogP contribution >= 0.6 is 0 Å². The maximum atomic E-state index is 4.77. The van der Waals surface area contributed by atoms with Gasteiger partial charge in [0.15, 0.2) is 5.82 Å². The van der Waals surface area contributed by atoms with E-state index in [1.165, 1.54) is 22.5 Å². The summed E-state index contributed by atoms with van der Waals surface area (Å²) < 4.78 is 0. The molecule has 104 valence electrons. The van der Waals surface area contributed by atoms with Crippen molar-refractivity contribution in [1.29, 1.82) is 0 Å². The molecule has 1 aliphatic rings. The quantitative estimate of drug-likeness (QED) is 0.929. The van der Waals surface area contributed by atoms with Gasteiger partial charge in [0.25, 0.3) is 0 Å².